The molecule has 0 saturated carbocycles. The second kappa shape index (κ2) is 7.40. The van der Waals surface area contributed by atoms with E-state index < -0.39 is 0 Å². The van der Waals surface area contributed by atoms with Gasteiger partial charge in [-0.25, -0.2) is 0 Å². The highest BCUT2D eigenvalue weighted by molar-refractivity contribution is 5.90. The zero-order chi connectivity index (χ0) is 16.8. The average Bonchev–Trinajstić information content (AvgIpc) is 3.02. The summed E-state index contributed by atoms with van der Waals surface area (Å²) >= 11 is 0. The van der Waals surface area contributed by atoms with Gasteiger partial charge in [0.2, 0.25) is 5.95 Å². The van der Waals surface area contributed by atoms with Gasteiger partial charge in [-0.3, -0.25) is 19.5 Å². The quantitative estimate of drug-likeness (QED) is 0.713. The Morgan fingerprint density at radius 2 is 1.92 bits per heavy atom. The van der Waals surface area contributed by atoms with Crippen LogP contribution in [0.15, 0.2) is 42.9 Å². The van der Waals surface area contributed by atoms with Crippen molar-refractivity contribution in [3.8, 4) is 11.5 Å². The molecule has 0 aliphatic rings. The van der Waals surface area contributed by atoms with Gasteiger partial charge in [0, 0.05) is 12.4 Å². The number of nitrogens with zero attached hydrogens (tertiary/aromatic N) is 4. The van der Waals surface area contributed by atoms with Crippen molar-refractivity contribution in [2.75, 3.05) is 18.5 Å². The van der Waals surface area contributed by atoms with Crippen molar-refractivity contribution in [2.45, 2.75) is 13.3 Å². The number of benzene rings is 1. The Labute approximate surface area is 138 Å². The first-order valence-electron chi connectivity index (χ1n) is 7.56. The zero-order valence-corrected chi connectivity index (χ0v) is 13.2. The molecular weight excluding hydrogens is 310 g/mol. The van der Waals surface area contributed by atoms with E-state index >= 15 is 0 Å². The number of hydrogen-bond acceptors (Lipinski definition) is 6. The first-order chi connectivity index (χ1) is 11.8. The van der Waals surface area contributed by atoms with Crippen LogP contribution in [0, 0.1) is 0 Å². The smallest absolute Gasteiger partial charge is 0.264 e. The largest absolute Gasteiger partial charge is 0.494 e. The molecule has 24 heavy (non-hydrogen) atoms. The maximum absolute atomic E-state index is 12.0. The maximum atomic E-state index is 12.0. The molecule has 0 atom stereocenters. The van der Waals surface area contributed by atoms with Gasteiger partial charge in [0.25, 0.3) is 5.91 Å². The van der Waals surface area contributed by atoms with E-state index in [9.17, 15) is 4.79 Å². The lowest BCUT2D eigenvalue weighted by Crippen LogP contribution is -2.21. The molecular formula is C16H17N5O3. The lowest BCUT2D eigenvalue weighted by atomic mass is 10.3. The van der Waals surface area contributed by atoms with E-state index in [4.69, 9.17) is 9.47 Å². The first kappa shape index (κ1) is 15.7. The van der Waals surface area contributed by atoms with Crippen LogP contribution in [-0.2, 0) is 4.79 Å². The fourth-order valence-corrected chi connectivity index (χ4v) is 2.00. The summed E-state index contributed by atoms with van der Waals surface area (Å²) in [7, 11) is 0. The topological polar surface area (TPSA) is 90.6 Å². The number of hydrogen-bond donors (Lipinski definition) is 1. The molecule has 8 heteroatoms. The summed E-state index contributed by atoms with van der Waals surface area (Å²) in [5, 5.41) is 10.5. The second-order valence-corrected chi connectivity index (χ2v) is 4.98. The molecule has 0 aliphatic carbocycles. The van der Waals surface area contributed by atoms with Crippen molar-refractivity contribution in [1.82, 2.24) is 19.6 Å². The van der Waals surface area contributed by atoms with Crippen LogP contribution in [0.1, 0.15) is 13.3 Å². The molecule has 0 fully saturated rings. The van der Waals surface area contributed by atoms with E-state index in [0.717, 1.165) is 12.2 Å². The molecule has 0 unspecified atom stereocenters. The van der Waals surface area contributed by atoms with Crippen molar-refractivity contribution in [1.29, 1.82) is 0 Å². The Morgan fingerprint density at radius 3 is 2.67 bits per heavy atom. The zero-order valence-electron chi connectivity index (χ0n) is 13.2. The average molecular weight is 327 g/mol. The van der Waals surface area contributed by atoms with Crippen LogP contribution in [0.3, 0.4) is 0 Å². The molecule has 0 saturated heterocycles. The van der Waals surface area contributed by atoms with Gasteiger partial charge in [-0.05, 0) is 30.7 Å². The summed E-state index contributed by atoms with van der Waals surface area (Å²) in [6.07, 6.45) is 5.76. The molecule has 0 aliphatic heterocycles. The number of ether oxygens (including phenoxy) is 2. The van der Waals surface area contributed by atoms with Gasteiger partial charge >= 0.3 is 0 Å². The van der Waals surface area contributed by atoms with Gasteiger partial charge in [-0.1, -0.05) is 6.92 Å². The van der Waals surface area contributed by atoms with Crippen molar-refractivity contribution in [3.63, 3.8) is 0 Å². The summed E-state index contributed by atoms with van der Waals surface area (Å²) in [5.41, 5.74) is 0.552. The van der Waals surface area contributed by atoms with E-state index in [1.807, 2.05) is 19.1 Å². The molecule has 2 heterocycles. The van der Waals surface area contributed by atoms with Crippen LogP contribution in [0.2, 0.25) is 0 Å². The highest BCUT2D eigenvalue weighted by Gasteiger charge is 2.09. The number of carbonyl (C=O) groups is 1. The predicted octanol–water partition coefficient (Wildman–Crippen LogP) is 1.93. The van der Waals surface area contributed by atoms with Crippen LogP contribution < -0.4 is 14.8 Å². The molecule has 8 nitrogen and oxygen atoms in total. The minimum atomic E-state index is -0.326. The van der Waals surface area contributed by atoms with Gasteiger partial charge in [-0.15, -0.1) is 10.2 Å². The Balaban J connectivity index is 1.54. The third-order valence-electron chi connectivity index (χ3n) is 3.13. The number of amides is 1. The summed E-state index contributed by atoms with van der Waals surface area (Å²) in [6.45, 7) is 2.59. The summed E-state index contributed by atoms with van der Waals surface area (Å²) in [5.74, 6) is 1.36. The standard InChI is InChI=1S/C16H17N5O3/c1-2-9-23-12-3-5-13(6-4-12)24-11-15(22)18-16-20-19-14-10-17-7-8-21(14)16/h3-8,10H,2,9,11H2,1H3,(H,18,20,22). The molecule has 0 radical (unpaired) electrons. The fourth-order valence-electron chi connectivity index (χ4n) is 2.00. The minimum absolute atomic E-state index is 0.130. The third kappa shape index (κ3) is 3.78. The Kier molecular flexibility index (Phi) is 4.85. The van der Waals surface area contributed by atoms with Crippen LogP contribution in [0.4, 0.5) is 5.95 Å². The number of rotatable bonds is 7. The van der Waals surface area contributed by atoms with Crippen LogP contribution in [0.5, 0.6) is 11.5 Å². The molecule has 1 aromatic carbocycles. The van der Waals surface area contributed by atoms with Gasteiger partial charge in [0.1, 0.15) is 11.5 Å². The Hall–Kier alpha value is -3.16. The van der Waals surface area contributed by atoms with Crippen LogP contribution in [-0.4, -0.2) is 38.7 Å². The number of nitrogens with one attached hydrogen (secondary N) is 1. The molecule has 1 amide bonds. The van der Waals surface area contributed by atoms with Crippen molar-refractivity contribution >= 4 is 17.5 Å². The minimum Gasteiger partial charge on any atom is -0.494 e. The van der Waals surface area contributed by atoms with Crippen LogP contribution in [0.25, 0.3) is 5.65 Å². The number of anilines is 1. The Morgan fingerprint density at radius 1 is 1.17 bits per heavy atom. The second-order valence-electron chi connectivity index (χ2n) is 4.98. The molecule has 0 spiro atoms. The molecule has 3 rings (SSSR count). The van der Waals surface area contributed by atoms with E-state index in [2.05, 4.69) is 20.5 Å². The molecule has 1 N–H and O–H groups in total. The summed E-state index contributed by atoms with van der Waals surface area (Å²) in [4.78, 5) is 15.9. The fraction of sp³-hybridized carbons (Fsp3) is 0.250. The van der Waals surface area contributed by atoms with Crippen molar-refractivity contribution in [2.24, 2.45) is 0 Å². The Bertz CT molecular complexity index is 816. The lowest BCUT2D eigenvalue weighted by Gasteiger charge is -2.08. The number of fused-ring (bicyclic) bond motifs is 1. The monoisotopic (exact) mass is 327 g/mol. The van der Waals surface area contributed by atoms with Gasteiger partial charge in [0.15, 0.2) is 12.3 Å². The SMILES string of the molecule is CCCOc1ccc(OCC(=O)Nc2nnc3cnccn23)cc1. The summed E-state index contributed by atoms with van der Waals surface area (Å²) < 4.78 is 12.6. The maximum Gasteiger partial charge on any atom is 0.264 e. The van der Waals surface area contributed by atoms with Gasteiger partial charge < -0.3 is 9.47 Å². The molecule has 124 valence electrons. The normalized spacial score (nSPS) is 10.5. The van der Waals surface area contributed by atoms with E-state index in [-0.39, 0.29) is 12.5 Å². The van der Waals surface area contributed by atoms with Crippen molar-refractivity contribution < 1.29 is 14.3 Å². The predicted molar refractivity (Wildman–Crippen MR) is 87.1 cm³/mol. The van der Waals surface area contributed by atoms with Gasteiger partial charge in [-0.2, -0.15) is 0 Å². The van der Waals surface area contributed by atoms with E-state index in [1.165, 1.54) is 0 Å². The highest BCUT2D eigenvalue weighted by atomic mass is 16.5. The van der Waals surface area contributed by atoms with Crippen molar-refractivity contribution in [3.05, 3.63) is 42.9 Å². The molecule has 2 aromatic heterocycles. The third-order valence-corrected chi connectivity index (χ3v) is 3.13. The first-order valence-corrected chi connectivity index (χ1v) is 7.56. The van der Waals surface area contributed by atoms with E-state index in [1.54, 1.807) is 35.1 Å². The number of carbonyl (C=O) groups excluding carboxylic acids is 1. The molecule has 0 bridgehead atoms. The highest BCUT2D eigenvalue weighted by Crippen LogP contribution is 2.17. The van der Waals surface area contributed by atoms with Crippen LogP contribution >= 0.6 is 0 Å². The van der Waals surface area contributed by atoms with E-state index in [0.29, 0.717) is 24.0 Å². The molecule has 3 aromatic rings. The van der Waals surface area contributed by atoms with Gasteiger partial charge in [0.05, 0.1) is 12.8 Å². The summed E-state index contributed by atoms with van der Waals surface area (Å²) in [6, 6.07) is 7.14. The number of aromatic nitrogens is 4. The lowest BCUT2D eigenvalue weighted by molar-refractivity contribution is -0.118.